The number of carbonyl (C=O) groups excluding carboxylic acids is 2. The molecule has 0 aliphatic carbocycles. The summed E-state index contributed by atoms with van der Waals surface area (Å²) in [6, 6.07) is 7.07. The first-order valence-electron chi connectivity index (χ1n) is 7.14. The molecule has 0 aromatic heterocycles. The fraction of sp³-hybridized carbons (Fsp3) is 0.125. The number of methoxy groups -OCH3 is 1. The summed E-state index contributed by atoms with van der Waals surface area (Å²) in [4.78, 5) is 23.0. The van der Waals surface area contributed by atoms with E-state index in [0.717, 1.165) is 24.3 Å². The van der Waals surface area contributed by atoms with Gasteiger partial charge in [0, 0.05) is 18.9 Å². The molecule has 2 amide bonds. The Morgan fingerprint density at radius 2 is 1.73 bits per heavy atom. The molecule has 0 fully saturated rings. The largest absolute Gasteiger partial charge is 0.375 e. The third-order valence-corrected chi connectivity index (χ3v) is 4.47. The minimum Gasteiger partial charge on any atom is -0.375 e. The lowest BCUT2D eigenvalue weighted by atomic mass is 10.2. The molecule has 0 atom stereocenters. The molecule has 0 aliphatic heterocycles. The number of rotatable bonds is 6. The lowest BCUT2D eigenvalue weighted by Gasteiger charge is -2.09. The second kappa shape index (κ2) is 8.02. The van der Waals surface area contributed by atoms with Crippen LogP contribution < -0.4 is 10.0 Å². The maximum Gasteiger partial charge on any atom is 0.267 e. The molecule has 2 N–H and O–H groups in total. The van der Waals surface area contributed by atoms with Gasteiger partial charge in [0.2, 0.25) is 5.91 Å². The van der Waals surface area contributed by atoms with E-state index < -0.39 is 39.0 Å². The molecule has 0 bridgehead atoms. The van der Waals surface area contributed by atoms with Crippen LogP contribution in [0.25, 0.3) is 0 Å². The first kappa shape index (κ1) is 19.5. The summed E-state index contributed by atoms with van der Waals surface area (Å²) in [5.41, 5.74) is -0.291. The van der Waals surface area contributed by atoms with Crippen molar-refractivity contribution in [3.8, 4) is 0 Å². The maximum atomic E-state index is 13.6. The van der Waals surface area contributed by atoms with Gasteiger partial charge in [-0.3, -0.25) is 9.59 Å². The molecule has 26 heavy (non-hydrogen) atoms. The summed E-state index contributed by atoms with van der Waals surface area (Å²) in [7, 11) is -2.94. The summed E-state index contributed by atoms with van der Waals surface area (Å²) >= 11 is 0. The summed E-state index contributed by atoms with van der Waals surface area (Å²) in [6.45, 7) is -0.167. The highest BCUT2D eigenvalue weighted by Crippen LogP contribution is 2.15. The lowest BCUT2D eigenvalue weighted by molar-refractivity contribution is -0.119. The van der Waals surface area contributed by atoms with Crippen LogP contribution in [0.3, 0.4) is 0 Å². The molecular weight excluding hydrogens is 370 g/mol. The molecule has 0 saturated carbocycles. The monoisotopic (exact) mass is 384 g/mol. The molecular formula is C16H14F2N2O5S. The third-order valence-electron chi connectivity index (χ3n) is 3.13. The number of carbonyl (C=O) groups is 2. The van der Waals surface area contributed by atoms with Crippen molar-refractivity contribution in [1.29, 1.82) is 0 Å². The van der Waals surface area contributed by atoms with Crippen LogP contribution in [0, 0.1) is 11.6 Å². The van der Waals surface area contributed by atoms with Gasteiger partial charge in [0.1, 0.15) is 18.2 Å². The Balaban J connectivity index is 2.14. The Kier molecular flexibility index (Phi) is 6.01. The van der Waals surface area contributed by atoms with Crippen LogP contribution in [0.2, 0.25) is 0 Å². The average molecular weight is 384 g/mol. The summed E-state index contributed by atoms with van der Waals surface area (Å²) in [5, 5.41) is 2.47. The zero-order valence-corrected chi connectivity index (χ0v) is 14.3. The van der Waals surface area contributed by atoms with Crippen LogP contribution in [0.15, 0.2) is 47.4 Å². The van der Waals surface area contributed by atoms with Gasteiger partial charge in [-0.05, 0) is 36.4 Å². The van der Waals surface area contributed by atoms with Gasteiger partial charge >= 0.3 is 0 Å². The number of anilines is 1. The Bertz CT molecular complexity index is 930. The number of benzene rings is 2. The van der Waals surface area contributed by atoms with E-state index in [1.165, 1.54) is 19.2 Å². The molecule has 0 radical (unpaired) electrons. The van der Waals surface area contributed by atoms with E-state index in [0.29, 0.717) is 11.8 Å². The quantitative estimate of drug-likeness (QED) is 0.789. The van der Waals surface area contributed by atoms with E-state index in [4.69, 9.17) is 0 Å². The smallest absolute Gasteiger partial charge is 0.267 e. The van der Waals surface area contributed by atoms with Gasteiger partial charge in [-0.15, -0.1) is 0 Å². The predicted octanol–water partition coefficient (Wildman–Crippen LogP) is 1.67. The number of ether oxygens (including phenoxy) is 1. The maximum absolute atomic E-state index is 13.6. The predicted molar refractivity (Wildman–Crippen MR) is 88.0 cm³/mol. The van der Waals surface area contributed by atoms with Gasteiger partial charge in [0.05, 0.1) is 10.5 Å². The Morgan fingerprint density at radius 1 is 1.08 bits per heavy atom. The van der Waals surface area contributed by atoms with Gasteiger partial charge in [0.15, 0.2) is 0 Å². The number of amides is 2. The number of nitrogens with one attached hydrogen (secondary N) is 2. The molecule has 2 aromatic rings. The van der Waals surface area contributed by atoms with E-state index in [2.05, 4.69) is 10.1 Å². The normalized spacial score (nSPS) is 11.0. The highest BCUT2D eigenvalue weighted by Gasteiger charge is 2.21. The molecule has 7 nitrogen and oxygen atoms in total. The number of hydrogen-bond donors (Lipinski definition) is 2. The van der Waals surface area contributed by atoms with E-state index in [1.807, 2.05) is 0 Å². The molecule has 138 valence electrons. The van der Waals surface area contributed by atoms with Crippen molar-refractivity contribution in [2.75, 3.05) is 19.0 Å². The summed E-state index contributed by atoms with van der Waals surface area (Å²) in [5.74, 6) is -3.75. The highest BCUT2D eigenvalue weighted by molar-refractivity contribution is 7.90. The molecule has 0 aliphatic rings. The standard InChI is InChI=1S/C16H14F2N2O5S/c1-25-9-15(21)19-11-3-5-12(6-4-11)26(23,24)20-16(22)13-7-2-10(17)8-14(13)18/h2-8H,9H2,1H3,(H,19,21)(H,20,22). The Morgan fingerprint density at radius 3 is 2.31 bits per heavy atom. The second-order valence-electron chi connectivity index (χ2n) is 5.06. The van der Waals surface area contributed by atoms with Crippen molar-refractivity contribution < 1.29 is 31.5 Å². The zero-order valence-electron chi connectivity index (χ0n) is 13.5. The van der Waals surface area contributed by atoms with Crippen LogP contribution in [0.4, 0.5) is 14.5 Å². The average Bonchev–Trinajstić information content (AvgIpc) is 2.55. The van der Waals surface area contributed by atoms with Crippen molar-refractivity contribution in [2.45, 2.75) is 4.90 Å². The van der Waals surface area contributed by atoms with Gasteiger partial charge in [-0.2, -0.15) is 0 Å². The van der Waals surface area contributed by atoms with Gasteiger partial charge in [-0.1, -0.05) is 0 Å². The van der Waals surface area contributed by atoms with E-state index >= 15 is 0 Å². The van der Waals surface area contributed by atoms with E-state index in [-0.39, 0.29) is 11.5 Å². The van der Waals surface area contributed by atoms with Crippen LogP contribution in [0.1, 0.15) is 10.4 Å². The fourth-order valence-corrected chi connectivity index (χ4v) is 2.92. The van der Waals surface area contributed by atoms with Crippen molar-refractivity contribution in [1.82, 2.24) is 4.72 Å². The Labute approximate surface area is 148 Å². The van der Waals surface area contributed by atoms with Crippen molar-refractivity contribution in [3.63, 3.8) is 0 Å². The molecule has 0 unspecified atom stereocenters. The van der Waals surface area contributed by atoms with Crippen LogP contribution >= 0.6 is 0 Å². The molecule has 0 spiro atoms. The van der Waals surface area contributed by atoms with Crippen molar-refractivity contribution >= 4 is 27.5 Å². The summed E-state index contributed by atoms with van der Waals surface area (Å²) < 4.78 is 57.2. The van der Waals surface area contributed by atoms with Crippen molar-refractivity contribution in [2.24, 2.45) is 0 Å². The van der Waals surface area contributed by atoms with Crippen molar-refractivity contribution in [3.05, 3.63) is 59.7 Å². The topological polar surface area (TPSA) is 102 Å². The van der Waals surface area contributed by atoms with Crippen LogP contribution in [-0.2, 0) is 19.6 Å². The minimum absolute atomic E-state index is 0.167. The minimum atomic E-state index is -4.29. The van der Waals surface area contributed by atoms with E-state index in [1.54, 1.807) is 4.72 Å². The van der Waals surface area contributed by atoms with Gasteiger partial charge in [0.25, 0.3) is 15.9 Å². The fourth-order valence-electron chi connectivity index (χ4n) is 1.96. The van der Waals surface area contributed by atoms with E-state index in [9.17, 15) is 26.8 Å². The highest BCUT2D eigenvalue weighted by atomic mass is 32.2. The number of hydrogen-bond acceptors (Lipinski definition) is 5. The molecule has 2 aromatic carbocycles. The Hall–Kier alpha value is -2.85. The van der Waals surface area contributed by atoms with Crippen LogP contribution in [-0.4, -0.2) is 33.9 Å². The third kappa shape index (κ3) is 4.83. The lowest BCUT2D eigenvalue weighted by Crippen LogP contribution is -2.31. The first-order chi connectivity index (χ1) is 12.2. The van der Waals surface area contributed by atoms with Crippen LogP contribution in [0.5, 0.6) is 0 Å². The molecule has 10 heteroatoms. The second-order valence-corrected chi connectivity index (χ2v) is 6.75. The number of sulfonamides is 1. The number of halogens is 2. The molecule has 2 rings (SSSR count). The SMILES string of the molecule is COCC(=O)Nc1ccc(S(=O)(=O)NC(=O)c2ccc(F)cc2F)cc1. The molecule has 0 saturated heterocycles. The molecule has 0 heterocycles. The summed E-state index contributed by atoms with van der Waals surface area (Å²) in [6.07, 6.45) is 0. The first-order valence-corrected chi connectivity index (χ1v) is 8.62. The zero-order chi connectivity index (χ0) is 19.3. The van der Waals surface area contributed by atoms with Gasteiger partial charge < -0.3 is 10.1 Å². The van der Waals surface area contributed by atoms with Gasteiger partial charge in [-0.25, -0.2) is 21.9 Å².